The van der Waals surface area contributed by atoms with E-state index in [-0.39, 0.29) is 35.4 Å². The predicted molar refractivity (Wildman–Crippen MR) is 412 cm³/mol. The summed E-state index contributed by atoms with van der Waals surface area (Å²) in [6.07, 6.45) is 3.52. The number of carbonyl (C=O) groups is 2. The summed E-state index contributed by atoms with van der Waals surface area (Å²) in [5, 5.41) is 45.5. The number of anilines is 8. The lowest BCUT2D eigenvalue weighted by atomic mass is 9.99. The van der Waals surface area contributed by atoms with Gasteiger partial charge in [0.25, 0.3) is 5.91 Å². The number of azo groups is 2. The normalized spacial score (nSPS) is 11.5. The molecule has 102 heavy (non-hydrogen) atoms. The van der Waals surface area contributed by atoms with Crippen LogP contribution < -0.4 is 20.6 Å². The SMILES string of the molecule is CN=Nc1ccc2c(c1)C(=O)c1cc(N=Nc3c(O)c(CONc4ccc(CCc5ccc(N(c6ccccc6)c6ccccc6)cc5)cc4)cc4ccccc34)ccc1-2.Cc1c(O)c(C(=O)Nc2cccc(CCc3ccc(N(c4ccccc4)c4ccccc4)cc3)c2)cc2ccccc12. The first-order valence-electron chi connectivity index (χ1n) is 33.9. The first-order valence-corrected chi connectivity index (χ1v) is 33.9. The zero-order valence-corrected chi connectivity index (χ0v) is 56.4. The van der Waals surface area contributed by atoms with E-state index in [9.17, 15) is 19.8 Å². The van der Waals surface area contributed by atoms with Crippen molar-refractivity contribution in [3.63, 3.8) is 0 Å². The number of phenols is 2. The number of rotatable bonds is 21. The van der Waals surface area contributed by atoms with E-state index in [1.807, 2.05) is 140 Å². The van der Waals surface area contributed by atoms with Crippen molar-refractivity contribution in [2.24, 2.45) is 20.5 Å². The van der Waals surface area contributed by atoms with E-state index in [4.69, 9.17) is 4.84 Å². The fraction of sp³-hybridized carbons (Fsp3) is 0.0787. The molecule has 0 spiro atoms. The standard InChI is InChI=1S/C51H40N6O3.C38H32N2O2/c1-52-53-39-24-28-45-46-29-25-40(32-48(46)51(59)47(45)31-39)54-55-49-44-15-9-8-10-36(44)30-37(50(49)58)33-60-56-38-22-18-34(19-23-38)16-17-35-20-26-43(27-21-35)57(41-11-4-2-5-12-41)42-13-6-3-7-14-42;1-27-35-18-9-8-12-30(35)26-36(37(27)41)38(42)39-31-13-10-11-29(25-31)20-19-28-21-23-34(24-22-28)40(32-14-4-2-5-15-32)33-16-6-3-7-17-33/h2-15,18-32,56,58H,16-17,33H2,1H3;2-18,21-26,41H,19-20H2,1H3,(H,39,42). The highest BCUT2D eigenvalue weighted by Crippen LogP contribution is 2.44. The van der Waals surface area contributed by atoms with E-state index < -0.39 is 0 Å². The van der Waals surface area contributed by atoms with Crippen LogP contribution in [0.15, 0.2) is 336 Å². The Balaban J connectivity index is 0.000000184. The van der Waals surface area contributed by atoms with Gasteiger partial charge in [0.2, 0.25) is 0 Å². The molecule has 0 saturated heterocycles. The van der Waals surface area contributed by atoms with Gasteiger partial charge in [0.1, 0.15) is 23.8 Å². The van der Waals surface area contributed by atoms with Crippen LogP contribution in [0.1, 0.15) is 59.7 Å². The molecule has 0 saturated carbocycles. The number of carbonyl (C=O) groups excluding carboxylic acids is 2. The first-order chi connectivity index (χ1) is 50.1. The number of aryl methyl sites for hydroxylation is 5. The molecule has 0 unspecified atom stereocenters. The van der Waals surface area contributed by atoms with Crippen LogP contribution >= 0.6 is 0 Å². The van der Waals surface area contributed by atoms with Crippen molar-refractivity contribution in [3.8, 4) is 22.6 Å². The lowest BCUT2D eigenvalue weighted by molar-refractivity contribution is 0.102. The predicted octanol–water partition coefficient (Wildman–Crippen LogP) is 23.0. The summed E-state index contributed by atoms with van der Waals surface area (Å²) in [4.78, 5) is 36.9. The zero-order chi connectivity index (χ0) is 69.7. The van der Waals surface area contributed by atoms with E-state index in [0.717, 1.165) is 104 Å². The number of aromatic hydroxyl groups is 2. The number of nitrogens with one attached hydrogen (secondary N) is 2. The van der Waals surface area contributed by atoms with Crippen LogP contribution in [0.4, 0.5) is 62.6 Å². The molecular formula is C89H72N8O5. The summed E-state index contributed by atoms with van der Waals surface area (Å²) in [5.41, 5.74) is 21.8. The van der Waals surface area contributed by atoms with Crippen molar-refractivity contribution in [2.75, 3.05) is 27.6 Å². The molecule has 4 N–H and O–H groups in total. The Morgan fingerprint density at radius 3 is 1.37 bits per heavy atom. The highest BCUT2D eigenvalue weighted by atomic mass is 16.6. The summed E-state index contributed by atoms with van der Waals surface area (Å²) in [7, 11) is 1.59. The Morgan fingerprint density at radius 1 is 0.402 bits per heavy atom. The van der Waals surface area contributed by atoms with Crippen LogP contribution in [-0.4, -0.2) is 29.0 Å². The average Bonchev–Trinajstić information content (AvgIpc) is 1.57. The zero-order valence-electron chi connectivity index (χ0n) is 56.4. The molecule has 0 aromatic heterocycles. The second-order valence-electron chi connectivity index (χ2n) is 24.9. The largest absolute Gasteiger partial charge is 0.507 e. The third-order valence-electron chi connectivity index (χ3n) is 18.3. The molecule has 0 radical (unpaired) electrons. The minimum atomic E-state index is -0.324. The van der Waals surface area contributed by atoms with Gasteiger partial charge < -0.3 is 25.3 Å². The summed E-state index contributed by atoms with van der Waals surface area (Å²) < 4.78 is 0. The topological polar surface area (TPSA) is 164 Å². The fourth-order valence-corrected chi connectivity index (χ4v) is 13.0. The first kappa shape index (κ1) is 66.2. The van der Waals surface area contributed by atoms with Gasteiger partial charge in [-0.3, -0.25) is 19.9 Å². The Bertz CT molecular complexity index is 5290. The Labute approximate surface area is 592 Å². The van der Waals surface area contributed by atoms with Crippen molar-refractivity contribution in [1.82, 2.24) is 0 Å². The molecule has 13 heteroatoms. The second kappa shape index (κ2) is 30.8. The summed E-state index contributed by atoms with van der Waals surface area (Å²) in [6, 6.07) is 105. The van der Waals surface area contributed by atoms with Crippen molar-refractivity contribution < 1.29 is 24.6 Å². The van der Waals surface area contributed by atoms with Gasteiger partial charge in [0.05, 0.1) is 22.6 Å². The van der Waals surface area contributed by atoms with E-state index in [1.54, 1.807) is 25.2 Å². The van der Waals surface area contributed by atoms with Gasteiger partial charge >= 0.3 is 0 Å². The molecule has 0 heterocycles. The van der Waals surface area contributed by atoms with E-state index in [0.29, 0.717) is 45.0 Å². The highest BCUT2D eigenvalue weighted by molar-refractivity contribution is 6.22. The van der Waals surface area contributed by atoms with Crippen molar-refractivity contribution in [3.05, 3.63) is 366 Å². The van der Waals surface area contributed by atoms with Crippen LogP contribution in [-0.2, 0) is 37.1 Å². The van der Waals surface area contributed by atoms with Crippen LogP contribution in [0, 0.1) is 6.92 Å². The Hall–Kier alpha value is -13.1. The minimum absolute atomic E-state index is 0.0175. The molecule has 15 rings (SSSR count). The molecule has 14 aromatic rings. The number of phenolic OH excluding ortho intramolecular Hbond substituents is 2. The molecule has 1 aliphatic rings. The number of para-hydroxylation sites is 4. The van der Waals surface area contributed by atoms with Crippen LogP contribution in [0.5, 0.6) is 11.5 Å². The minimum Gasteiger partial charge on any atom is -0.507 e. The van der Waals surface area contributed by atoms with Crippen molar-refractivity contribution in [2.45, 2.75) is 39.2 Å². The number of ketones is 1. The fourth-order valence-electron chi connectivity index (χ4n) is 13.0. The maximum Gasteiger partial charge on any atom is 0.259 e. The lowest BCUT2D eigenvalue weighted by Gasteiger charge is -2.25. The Kier molecular flexibility index (Phi) is 19.9. The van der Waals surface area contributed by atoms with Gasteiger partial charge in [-0.25, -0.2) is 0 Å². The molecule has 498 valence electrons. The molecular weight excluding hydrogens is 1260 g/mol. The van der Waals surface area contributed by atoms with Gasteiger partial charge in [-0.15, -0.1) is 5.11 Å². The molecule has 1 amide bonds. The van der Waals surface area contributed by atoms with Crippen molar-refractivity contribution in [1.29, 1.82) is 0 Å². The highest BCUT2D eigenvalue weighted by Gasteiger charge is 2.28. The number of fused-ring (bicyclic) bond motifs is 5. The summed E-state index contributed by atoms with van der Waals surface area (Å²) in [6.45, 7) is 1.91. The number of amides is 1. The molecule has 14 aromatic carbocycles. The second-order valence-corrected chi connectivity index (χ2v) is 24.9. The smallest absolute Gasteiger partial charge is 0.259 e. The molecule has 1 aliphatic carbocycles. The van der Waals surface area contributed by atoms with E-state index >= 15 is 0 Å². The van der Waals surface area contributed by atoms with Crippen LogP contribution in [0.25, 0.3) is 32.7 Å². The Morgan fingerprint density at radius 2 is 0.853 bits per heavy atom. The molecule has 0 aliphatic heterocycles. The summed E-state index contributed by atoms with van der Waals surface area (Å²) in [5.74, 6) is -0.436. The van der Waals surface area contributed by atoms with E-state index in [1.165, 1.54) is 16.7 Å². The third kappa shape index (κ3) is 15.0. The molecule has 0 fully saturated rings. The lowest BCUT2D eigenvalue weighted by Crippen LogP contribution is -2.13. The number of benzene rings is 14. The monoisotopic (exact) mass is 1330 g/mol. The molecule has 13 nitrogen and oxygen atoms in total. The maximum atomic E-state index is 13.3. The quantitative estimate of drug-likeness (QED) is 0.0408. The molecule has 0 atom stereocenters. The van der Waals surface area contributed by atoms with Gasteiger partial charge in [-0.05, 0) is 221 Å². The number of hydrogen-bond acceptors (Lipinski definition) is 12. The third-order valence-corrected chi connectivity index (χ3v) is 18.3. The van der Waals surface area contributed by atoms with Gasteiger partial charge in [-0.1, -0.05) is 182 Å². The van der Waals surface area contributed by atoms with Crippen LogP contribution in [0.2, 0.25) is 0 Å². The van der Waals surface area contributed by atoms with Gasteiger partial charge in [0, 0.05) is 68.9 Å². The summed E-state index contributed by atoms with van der Waals surface area (Å²) >= 11 is 0. The van der Waals surface area contributed by atoms with Crippen LogP contribution in [0.3, 0.4) is 0 Å². The number of hydrogen-bond donors (Lipinski definition) is 4. The maximum absolute atomic E-state index is 13.3. The van der Waals surface area contributed by atoms with E-state index in [2.05, 4.69) is 205 Å². The molecule has 0 bridgehead atoms. The average molecular weight is 1330 g/mol. The number of nitrogens with zero attached hydrogens (tertiary/aromatic N) is 6. The van der Waals surface area contributed by atoms with Crippen molar-refractivity contribution >= 4 is 95.8 Å². The van der Waals surface area contributed by atoms with Gasteiger partial charge in [0.15, 0.2) is 5.78 Å². The van der Waals surface area contributed by atoms with Gasteiger partial charge in [-0.2, -0.15) is 15.3 Å².